The van der Waals surface area contributed by atoms with Crippen molar-refractivity contribution in [3.8, 4) is 0 Å². The van der Waals surface area contributed by atoms with Gasteiger partial charge in [-0.2, -0.15) is 0 Å². The lowest BCUT2D eigenvalue weighted by atomic mass is 9.95. The van der Waals surface area contributed by atoms with Crippen LogP contribution in [0.3, 0.4) is 0 Å². The molecule has 2 atom stereocenters. The van der Waals surface area contributed by atoms with E-state index in [-0.39, 0.29) is 17.9 Å². The smallest absolute Gasteiger partial charge is 0.330 e. The van der Waals surface area contributed by atoms with E-state index in [9.17, 15) is 19.5 Å². The number of likely N-dealkylation sites (tertiary alicyclic amines) is 2. The summed E-state index contributed by atoms with van der Waals surface area (Å²) in [6.45, 7) is 6.36. The molecular formula is C21H29N3O4. The maximum atomic E-state index is 12.8. The lowest BCUT2D eigenvalue weighted by Crippen LogP contribution is -2.50. The molecule has 3 amide bonds. The van der Waals surface area contributed by atoms with Gasteiger partial charge in [0.25, 0.3) is 0 Å². The molecule has 2 aliphatic rings. The zero-order chi connectivity index (χ0) is 20.3. The molecule has 1 aromatic carbocycles. The molecule has 2 unspecified atom stereocenters. The lowest BCUT2D eigenvalue weighted by molar-refractivity contribution is -0.143. The van der Waals surface area contributed by atoms with E-state index in [0.717, 1.165) is 43.5 Å². The zero-order valence-corrected chi connectivity index (χ0v) is 16.6. The minimum Gasteiger partial charge on any atom is -0.479 e. The quantitative estimate of drug-likeness (QED) is 0.830. The second-order valence-corrected chi connectivity index (χ2v) is 7.96. The third kappa shape index (κ3) is 4.64. The van der Waals surface area contributed by atoms with Crippen LogP contribution in [0.15, 0.2) is 18.2 Å². The van der Waals surface area contributed by atoms with Gasteiger partial charge in [0.05, 0.1) is 5.92 Å². The molecule has 2 saturated heterocycles. The Bertz CT molecular complexity index is 738. The van der Waals surface area contributed by atoms with Crippen molar-refractivity contribution in [3.63, 3.8) is 0 Å². The number of carboxylic acid groups (broad SMARTS) is 1. The fourth-order valence-corrected chi connectivity index (χ4v) is 4.20. The summed E-state index contributed by atoms with van der Waals surface area (Å²) in [7, 11) is 0. The molecule has 2 heterocycles. The van der Waals surface area contributed by atoms with Crippen LogP contribution in [0.25, 0.3) is 0 Å². The number of aryl methyl sites for hydroxylation is 2. The first-order valence-electron chi connectivity index (χ1n) is 10.0. The number of hydrogen-bond acceptors (Lipinski definition) is 3. The van der Waals surface area contributed by atoms with Crippen molar-refractivity contribution in [1.29, 1.82) is 0 Å². The summed E-state index contributed by atoms with van der Waals surface area (Å²) in [6, 6.07) is 4.45. The summed E-state index contributed by atoms with van der Waals surface area (Å²) in [5.74, 6) is -1.77. The topological polar surface area (TPSA) is 90.0 Å². The summed E-state index contributed by atoms with van der Waals surface area (Å²) < 4.78 is 0. The number of rotatable bonds is 4. The average Bonchev–Trinajstić information content (AvgIpc) is 3.19. The van der Waals surface area contributed by atoms with Crippen molar-refractivity contribution >= 4 is 17.9 Å². The Morgan fingerprint density at radius 1 is 1.00 bits per heavy atom. The first kappa shape index (κ1) is 20.2. The van der Waals surface area contributed by atoms with Crippen LogP contribution in [-0.4, -0.2) is 59.0 Å². The first-order chi connectivity index (χ1) is 13.3. The third-order valence-corrected chi connectivity index (χ3v) is 5.55. The van der Waals surface area contributed by atoms with E-state index >= 15 is 0 Å². The Balaban J connectivity index is 1.67. The van der Waals surface area contributed by atoms with Crippen LogP contribution in [-0.2, 0) is 9.59 Å². The van der Waals surface area contributed by atoms with Crippen molar-refractivity contribution in [1.82, 2.24) is 15.1 Å². The molecule has 2 fully saturated rings. The van der Waals surface area contributed by atoms with Crippen LogP contribution in [0.4, 0.5) is 4.79 Å². The molecule has 7 nitrogen and oxygen atoms in total. The van der Waals surface area contributed by atoms with Crippen molar-refractivity contribution in [2.75, 3.05) is 26.2 Å². The highest BCUT2D eigenvalue weighted by molar-refractivity contribution is 5.86. The summed E-state index contributed by atoms with van der Waals surface area (Å²) in [5.41, 5.74) is 2.48. The summed E-state index contributed by atoms with van der Waals surface area (Å²) in [4.78, 5) is 40.8. The van der Waals surface area contributed by atoms with Crippen molar-refractivity contribution in [3.05, 3.63) is 34.9 Å². The predicted octanol–water partition coefficient (Wildman–Crippen LogP) is 2.47. The Labute approximate surface area is 165 Å². The van der Waals surface area contributed by atoms with Gasteiger partial charge in [-0.3, -0.25) is 4.79 Å². The van der Waals surface area contributed by atoms with Gasteiger partial charge in [-0.15, -0.1) is 0 Å². The van der Waals surface area contributed by atoms with Gasteiger partial charge in [-0.05, 0) is 45.1 Å². The number of carbonyl (C=O) groups excluding carboxylic acids is 2. The van der Waals surface area contributed by atoms with Gasteiger partial charge in [0.2, 0.25) is 5.91 Å². The highest BCUT2D eigenvalue weighted by Crippen LogP contribution is 2.22. The van der Waals surface area contributed by atoms with E-state index in [2.05, 4.69) is 5.32 Å². The molecule has 2 N–H and O–H groups in total. The van der Waals surface area contributed by atoms with Crippen molar-refractivity contribution in [2.24, 2.45) is 5.92 Å². The van der Waals surface area contributed by atoms with E-state index in [0.29, 0.717) is 25.1 Å². The highest BCUT2D eigenvalue weighted by atomic mass is 16.4. The number of carboxylic acids is 1. The third-order valence-electron chi connectivity index (χ3n) is 5.55. The second kappa shape index (κ2) is 8.63. The SMILES string of the molecule is Cc1cc(C)cc(C(NC(=O)C2CCCN(C(=O)N3CCCC3)C2)C(=O)O)c1. The molecule has 3 rings (SSSR count). The Hall–Kier alpha value is -2.57. The number of urea groups is 1. The molecule has 152 valence electrons. The largest absolute Gasteiger partial charge is 0.479 e. The van der Waals surface area contributed by atoms with Crippen molar-refractivity contribution < 1.29 is 19.5 Å². The normalized spacial score (nSPS) is 20.7. The molecule has 0 aliphatic carbocycles. The maximum Gasteiger partial charge on any atom is 0.330 e. The Morgan fingerprint density at radius 2 is 1.61 bits per heavy atom. The molecule has 0 spiro atoms. The molecule has 7 heteroatoms. The van der Waals surface area contributed by atoms with Gasteiger partial charge in [-0.1, -0.05) is 29.3 Å². The van der Waals surface area contributed by atoms with E-state index in [1.54, 1.807) is 17.0 Å². The molecule has 0 bridgehead atoms. The van der Waals surface area contributed by atoms with Crippen LogP contribution in [0.1, 0.15) is 48.4 Å². The fraction of sp³-hybridized carbons (Fsp3) is 0.571. The number of carbonyl (C=O) groups is 3. The van der Waals surface area contributed by atoms with E-state index in [1.165, 1.54) is 0 Å². The van der Waals surface area contributed by atoms with Crippen LogP contribution < -0.4 is 5.32 Å². The van der Waals surface area contributed by atoms with Gasteiger partial charge in [0, 0.05) is 26.2 Å². The lowest BCUT2D eigenvalue weighted by Gasteiger charge is -2.35. The molecule has 0 aromatic heterocycles. The standard InChI is InChI=1S/C21H29N3O4/c1-14-10-15(2)12-17(11-14)18(20(26)27)22-19(25)16-6-5-9-24(13-16)21(28)23-7-3-4-8-23/h10-12,16,18H,3-9,13H2,1-2H3,(H,22,25)(H,26,27). The minimum absolute atomic E-state index is 0.000839. The Kier molecular flexibility index (Phi) is 6.21. The van der Waals surface area contributed by atoms with Gasteiger partial charge in [0.1, 0.15) is 0 Å². The number of piperidine rings is 1. The van der Waals surface area contributed by atoms with E-state index in [1.807, 2.05) is 24.8 Å². The fourth-order valence-electron chi connectivity index (χ4n) is 4.20. The van der Waals surface area contributed by atoms with Crippen LogP contribution in [0.5, 0.6) is 0 Å². The molecule has 0 radical (unpaired) electrons. The predicted molar refractivity (Wildman–Crippen MR) is 105 cm³/mol. The number of hydrogen-bond donors (Lipinski definition) is 2. The number of benzene rings is 1. The summed E-state index contributed by atoms with van der Waals surface area (Å²) >= 11 is 0. The zero-order valence-electron chi connectivity index (χ0n) is 16.6. The number of amides is 3. The summed E-state index contributed by atoms with van der Waals surface area (Å²) in [6.07, 6.45) is 3.47. The molecule has 28 heavy (non-hydrogen) atoms. The molecule has 2 aliphatic heterocycles. The van der Waals surface area contributed by atoms with Gasteiger partial charge < -0.3 is 20.2 Å². The minimum atomic E-state index is -1.09. The van der Waals surface area contributed by atoms with Crippen LogP contribution >= 0.6 is 0 Å². The molecule has 1 aromatic rings. The molecule has 0 saturated carbocycles. The first-order valence-corrected chi connectivity index (χ1v) is 10.0. The van der Waals surface area contributed by atoms with Gasteiger partial charge in [-0.25, -0.2) is 9.59 Å². The number of aliphatic carboxylic acids is 1. The Morgan fingerprint density at radius 3 is 2.21 bits per heavy atom. The number of nitrogens with zero attached hydrogens (tertiary/aromatic N) is 2. The van der Waals surface area contributed by atoms with E-state index < -0.39 is 12.0 Å². The number of nitrogens with one attached hydrogen (secondary N) is 1. The van der Waals surface area contributed by atoms with Crippen molar-refractivity contribution in [2.45, 2.75) is 45.6 Å². The summed E-state index contributed by atoms with van der Waals surface area (Å²) in [5, 5.41) is 12.3. The van der Waals surface area contributed by atoms with Crippen LogP contribution in [0.2, 0.25) is 0 Å². The van der Waals surface area contributed by atoms with Gasteiger partial charge >= 0.3 is 12.0 Å². The second-order valence-electron chi connectivity index (χ2n) is 7.96. The van der Waals surface area contributed by atoms with Crippen LogP contribution in [0, 0.1) is 19.8 Å². The monoisotopic (exact) mass is 387 g/mol. The maximum absolute atomic E-state index is 12.8. The van der Waals surface area contributed by atoms with Gasteiger partial charge in [0.15, 0.2) is 6.04 Å². The molecular weight excluding hydrogens is 358 g/mol. The highest BCUT2D eigenvalue weighted by Gasteiger charge is 2.33. The average molecular weight is 387 g/mol. The van der Waals surface area contributed by atoms with E-state index in [4.69, 9.17) is 0 Å².